The van der Waals surface area contributed by atoms with E-state index in [4.69, 9.17) is 9.47 Å². The molecule has 0 bridgehead atoms. The van der Waals surface area contributed by atoms with Crippen molar-refractivity contribution < 1.29 is 19.2 Å². The topological polar surface area (TPSA) is 121 Å². The van der Waals surface area contributed by atoms with E-state index in [1.807, 2.05) is 36.4 Å². The van der Waals surface area contributed by atoms with Crippen molar-refractivity contribution in [3.05, 3.63) is 112 Å². The zero-order chi connectivity index (χ0) is 25.3. The summed E-state index contributed by atoms with van der Waals surface area (Å²) in [5.74, 6) is 0.768. The zero-order valence-electron chi connectivity index (χ0n) is 19.4. The molecule has 1 heterocycles. The number of carbonyl (C=O) groups is 1. The smallest absolute Gasteiger partial charge is 0.294 e. The van der Waals surface area contributed by atoms with E-state index in [-0.39, 0.29) is 18.2 Å². The third kappa shape index (κ3) is 6.11. The number of nitro groups is 1. The molecule has 1 aromatic heterocycles. The highest BCUT2D eigenvalue weighted by Crippen LogP contribution is 2.29. The molecule has 4 aromatic rings. The Balaban J connectivity index is 1.36. The first-order valence-corrected chi connectivity index (χ1v) is 11.0. The molecule has 0 atom stereocenters. The van der Waals surface area contributed by atoms with Crippen LogP contribution >= 0.6 is 0 Å². The second kappa shape index (κ2) is 11.4. The maximum absolute atomic E-state index is 12.1. The summed E-state index contributed by atoms with van der Waals surface area (Å²) in [5, 5.41) is 22.1. The van der Waals surface area contributed by atoms with E-state index in [1.54, 1.807) is 42.6 Å². The van der Waals surface area contributed by atoms with Gasteiger partial charge in [0.15, 0.2) is 11.5 Å². The van der Waals surface area contributed by atoms with Gasteiger partial charge in [0.2, 0.25) is 5.91 Å². The summed E-state index contributed by atoms with van der Waals surface area (Å²) in [6.07, 6.45) is 4.81. The third-order valence-corrected chi connectivity index (χ3v) is 5.16. The van der Waals surface area contributed by atoms with Crippen LogP contribution in [-0.4, -0.2) is 32.9 Å². The Bertz CT molecular complexity index is 1380. The van der Waals surface area contributed by atoms with E-state index >= 15 is 0 Å². The quantitative estimate of drug-likeness (QED) is 0.204. The first-order chi connectivity index (χ1) is 17.5. The summed E-state index contributed by atoms with van der Waals surface area (Å²) >= 11 is 0. The molecule has 10 nitrogen and oxygen atoms in total. The van der Waals surface area contributed by atoms with Crippen LogP contribution in [0.5, 0.6) is 11.5 Å². The minimum absolute atomic E-state index is 0.0743. The fourth-order valence-electron chi connectivity index (χ4n) is 3.37. The summed E-state index contributed by atoms with van der Waals surface area (Å²) in [6, 6.07) is 21.2. The van der Waals surface area contributed by atoms with E-state index in [0.717, 1.165) is 11.1 Å². The van der Waals surface area contributed by atoms with Crippen molar-refractivity contribution in [2.24, 2.45) is 0 Å². The lowest BCUT2D eigenvalue weighted by atomic mass is 10.2. The first-order valence-electron chi connectivity index (χ1n) is 11.0. The van der Waals surface area contributed by atoms with Gasteiger partial charge in [-0.1, -0.05) is 53.7 Å². The molecule has 182 valence electrons. The lowest BCUT2D eigenvalue weighted by molar-refractivity contribution is -0.384. The fourth-order valence-corrected chi connectivity index (χ4v) is 3.37. The number of amides is 1. The standard InChI is InChI=1S/C26H23N5O5/c1-35-25-15-20(16-27-26(32)14-12-19-7-3-2-4-8-19)11-13-24(25)36-18-21-17-30(29-28-21)22-9-5-6-10-23(22)31(33)34/h2-15,17H,16,18H2,1H3,(H,27,32)/b14-12+. The second-order valence-corrected chi connectivity index (χ2v) is 7.64. The van der Waals surface area contributed by atoms with Crippen molar-refractivity contribution in [2.75, 3.05) is 7.11 Å². The van der Waals surface area contributed by atoms with Crippen LogP contribution in [0, 0.1) is 10.1 Å². The van der Waals surface area contributed by atoms with Crippen LogP contribution in [0.15, 0.2) is 85.1 Å². The predicted molar refractivity (Wildman–Crippen MR) is 133 cm³/mol. The van der Waals surface area contributed by atoms with E-state index in [1.165, 1.54) is 23.9 Å². The fraction of sp³-hybridized carbons (Fsp3) is 0.115. The van der Waals surface area contributed by atoms with Gasteiger partial charge >= 0.3 is 0 Å². The number of aromatic nitrogens is 3. The number of nitrogens with one attached hydrogen (secondary N) is 1. The van der Waals surface area contributed by atoms with Gasteiger partial charge in [-0.2, -0.15) is 0 Å². The maximum atomic E-state index is 12.1. The van der Waals surface area contributed by atoms with Crippen molar-refractivity contribution in [3.63, 3.8) is 0 Å². The van der Waals surface area contributed by atoms with Gasteiger partial charge in [0, 0.05) is 18.7 Å². The molecule has 0 aliphatic heterocycles. The van der Waals surface area contributed by atoms with Gasteiger partial charge in [-0.25, -0.2) is 4.68 Å². The molecule has 0 aliphatic rings. The Labute approximate surface area is 206 Å². The van der Waals surface area contributed by atoms with E-state index in [9.17, 15) is 14.9 Å². The molecule has 0 spiro atoms. The number of para-hydroxylation sites is 2. The molecule has 4 rings (SSSR count). The lowest BCUT2D eigenvalue weighted by Crippen LogP contribution is -2.20. The van der Waals surface area contributed by atoms with Gasteiger partial charge in [0.25, 0.3) is 5.69 Å². The number of ether oxygens (including phenoxy) is 2. The first kappa shape index (κ1) is 24.1. The SMILES string of the molecule is COc1cc(CNC(=O)/C=C/c2ccccc2)ccc1OCc1cn(-c2ccccc2[N+](=O)[O-])nn1. The van der Waals surface area contributed by atoms with Crippen LogP contribution in [0.3, 0.4) is 0 Å². The Morgan fingerprint density at radius 3 is 2.64 bits per heavy atom. The van der Waals surface area contributed by atoms with Crippen molar-refractivity contribution >= 4 is 17.7 Å². The van der Waals surface area contributed by atoms with Crippen molar-refractivity contribution in [2.45, 2.75) is 13.2 Å². The number of benzene rings is 3. The van der Waals surface area contributed by atoms with Crippen LogP contribution in [0.4, 0.5) is 5.69 Å². The lowest BCUT2D eigenvalue weighted by Gasteiger charge is -2.11. The summed E-state index contributed by atoms with van der Waals surface area (Å²) in [6.45, 7) is 0.399. The number of hydrogen-bond acceptors (Lipinski definition) is 7. The van der Waals surface area contributed by atoms with Crippen LogP contribution < -0.4 is 14.8 Å². The monoisotopic (exact) mass is 485 g/mol. The van der Waals surface area contributed by atoms with Crippen LogP contribution in [0.25, 0.3) is 11.8 Å². The van der Waals surface area contributed by atoms with Gasteiger partial charge in [0.1, 0.15) is 18.0 Å². The summed E-state index contributed by atoms with van der Waals surface area (Å²) < 4.78 is 12.6. The Kier molecular flexibility index (Phi) is 7.66. The number of nitro benzene ring substituents is 1. The Morgan fingerprint density at radius 2 is 1.86 bits per heavy atom. The molecule has 0 radical (unpaired) electrons. The van der Waals surface area contributed by atoms with Gasteiger partial charge < -0.3 is 14.8 Å². The van der Waals surface area contributed by atoms with Crippen LogP contribution in [0.1, 0.15) is 16.8 Å². The molecular formula is C26H23N5O5. The highest BCUT2D eigenvalue weighted by molar-refractivity contribution is 5.91. The van der Waals surface area contributed by atoms with E-state index in [2.05, 4.69) is 15.6 Å². The molecule has 0 aliphatic carbocycles. The minimum Gasteiger partial charge on any atom is -0.493 e. The van der Waals surface area contributed by atoms with Gasteiger partial charge in [0.05, 0.1) is 18.2 Å². The second-order valence-electron chi connectivity index (χ2n) is 7.64. The number of carbonyl (C=O) groups excluding carboxylic acids is 1. The molecule has 0 unspecified atom stereocenters. The van der Waals surface area contributed by atoms with E-state index < -0.39 is 4.92 Å². The molecule has 0 saturated heterocycles. The molecular weight excluding hydrogens is 462 g/mol. The average molecular weight is 486 g/mol. The van der Waals surface area contributed by atoms with Gasteiger partial charge in [-0.3, -0.25) is 14.9 Å². The largest absolute Gasteiger partial charge is 0.493 e. The Hall–Kier alpha value is -4.99. The highest BCUT2D eigenvalue weighted by atomic mass is 16.6. The predicted octanol–water partition coefficient (Wildman–Crippen LogP) is 4.09. The van der Waals surface area contributed by atoms with Crippen LogP contribution in [0.2, 0.25) is 0 Å². The van der Waals surface area contributed by atoms with Crippen molar-refractivity contribution in [1.82, 2.24) is 20.3 Å². The summed E-state index contributed by atoms with van der Waals surface area (Å²) in [4.78, 5) is 22.9. The molecule has 36 heavy (non-hydrogen) atoms. The minimum atomic E-state index is -0.471. The number of hydrogen-bond donors (Lipinski definition) is 1. The van der Waals surface area contributed by atoms with Crippen molar-refractivity contribution in [3.8, 4) is 17.2 Å². The average Bonchev–Trinajstić information content (AvgIpc) is 3.39. The number of methoxy groups -OCH3 is 1. The molecule has 3 aromatic carbocycles. The molecule has 0 saturated carbocycles. The molecule has 1 amide bonds. The Morgan fingerprint density at radius 1 is 1.08 bits per heavy atom. The summed E-state index contributed by atoms with van der Waals surface area (Å²) in [7, 11) is 1.53. The molecule has 0 fully saturated rings. The third-order valence-electron chi connectivity index (χ3n) is 5.16. The van der Waals surface area contributed by atoms with Gasteiger partial charge in [-0.05, 0) is 35.4 Å². The van der Waals surface area contributed by atoms with E-state index in [0.29, 0.717) is 29.4 Å². The van der Waals surface area contributed by atoms with Crippen molar-refractivity contribution in [1.29, 1.82) is 0 Å². The number of rotatable bonds is 10. The molecule has 10 heteroatoms. The maximum Gasteiger partial charge on any atom is 0.294 e. The van der Waals surface area contributed by atoms with Crippen LogP contribution in [-0.2, 0) is 17.9 Å². The van der Waals surface area contributed by atoms with Gasteiger partial charge in [-0.15, -0.1) is 5.10 Å². The number of nitrogens with zero attached hydrogens (tertiary/aromatic N) is 4. The molecule has 1 N–H and O–H groups in total. The summed E-state index contributed by atoms with van der Waals surface area (Å²) in [5.41, 5.74) is 2.50. The zero-order valence-corrected chi connectivity index (χ0v) is 19.4. The highest BCUT2D eigenvalue weighted by Gasteiger charge is 2.16. The normalized spacial score (nSPS) is 10.8.